The molecule has 2 aliphatic carbocycles. The van der Waals surface area contributed by atoms with E-state index in [-0.39, 0.29) is 23.0 Å². The monoisotopic (exact) mass is 560 g/mol. The van der Waals surface area contributed by atoms with Gasteiger partial charge in [0.05, 0.1) is 5.69 Å². The number of nitrogens with zero attached hydrogens (tertiary/aromatic N) is 1. The SMILES string of the molecule is CC/C([C]1[CH][CH][CH][CH]1)=C(\c1ccccc1)c1ccc(N=C([O-])CCCCCCC(=N)[O-])cc1.[CH]1[CH][CH][CH][CH]1.[Fe+2]. The van der Waals surface area contributed by atoms with Crippen LogP contribution in [0.2, 0.25) is 0 Å². The van der Waals surface area contributed by atoms with Crippen LogP contribution in [0.4, 0.5) is 5.69 Å². The maximum atomic E-state index is 12.2. The second-order valence-corrected chi connectivity index (χ2v) is 9.10. The van der Waals surface area contributed by atoms with Crippen molar-refractivity contribution in [2.24, 2.45) is 4.99 Å². The summed E-state index contributed by atoms with van der Waals surface area (Å²) in [4.78, 5) is 4.25. The molecule has 0 spiro atoms. The molecule has 0 bridgehead atoms. The first-order valence-electron chi connectivity index (χ1n) is 13.3. The molecule has 0 heterocycles. The molecule has 2 aromatic rings. The van der Waals surface area contributed by atoms with Gasteiger partial charge < -0.3 is 15.6 Å². The van der Waals surface area contributed by atoms with E-state index in [1.165, 1.54) is 22.6 Å². The average Bonchev–Trinajstić information content (AvgIpc) is 3.68. The molecule has 0 aliphatic heterocycles. The van der Waals surface area contributed by atoms with Crippen LogP contribution >= 0.6 is 0 Å². The van der Waals surface area contributed by atoms with Crippen LogP contribution in [0.3, 0.4) is 0 Å². The van der Waals surface area contributed by atoms with E-state index in [1.54, 1.807) is 0 Å². The van der Waals surface area contributed by atoms with Crippen molar-refractivity contribution in [3.63, 3.8) is 0 Å². The van der Waals surface area contributed by atoms with Gasteiger partial charge in [-0.05, 0) is 131 Å². The van der Waals surface area contributed by atoms with Crippen LogP contribution in [-0.2, 0) is 17.1 Å². The van der Waals surface area contributed by atoms with E-state index in [0.29, 0.717) is 18.5 Å². The summed E-state index contributed by atoms with van der Waals surface area (Å²) in [6.07, 6.45) is 23.3. The Balaban J connectivity index is 0.000000797. The Bertz CT molecular complexity index is 1010. The first-order chi connectivity index (χ1) is 18.6. The van der Waals surface area contributed by atoms with Gasteiger partial charge in [0.25, 0.3) is 0 Å². The van der Waals surface area contributed by atoms with Crippen LogP contribution in [0.5, 0.6) is 0 Å². The summed E-state index contributed by atoms with van der Waals surface area (Å²) in [7, 11) is 0. The van der Waals surface area contributed by atoms with Crippen molar-refractivity contribution in [1.29, 1.82) is 5.41 Å². The number of hydrogen-bond donors (Lipinski definition) is 1. The van der Waals surface area contributed by atoms with Gasteiger partial charge in [0.1, 0.15) is 0 Å². The van der Waals surface area contributed by atoms with Crippen molar-refractivity contribution in [3.8, 4) is 0 Å². The van der Waals surface area contributed by atoms with Crippen molar-refractivity contribution >= 4 is 23.1 Å². The second kappa shape index (κ2) is 18.8. The molecule has 0 aromatic heterocycles. The summed E-state index contributed by atoms with van der Waals surface area (Å²) in [5.74, 6) is 0.590. The molecule has 39 heavy (non-hydrogen) atoms. The summed E-state index contributed by atoms with van der Waals surface area (Å²) < 4.78 is 0. The summed E-state index contributed by atoms with van der Waals surface area (Å²) in [6, 6.07) is 18.3. The van der Waals surface area contributed by atoms with Gasteiger partial charge in [-0.1, -0.05) is 67.8 Å². The Hall–Kier alpha value is -2.36. The number of nitrogens with one attached hydrogen (secondary N) is 1. The van der Waals surface area contributed by atoms with Crippen LogP contribution in [-0.4, -0.2) is 11.8 Å². The van der Waals surface area contributed by atoms with E-state index in [4.69, 9.17) is 5.41 Å². The topological polar surface area (TPSA) is 82.3 Å². The van der Waals surface area contributed by atoms with E-state index in [2.05, 4.69) is 61.9 Å². The standard InChI is InChI=1S/C29H33N2O2.C5H5.Fe/c1-2-26(22-12-10-11-13-22)29(23-14-6-5-7-15-23)24-18-20-25(21-19-24)31-28(33)17-9-4-3-8-16-27(30)32;1-2-4-5-3-1;/h5-7,10-15,18-21H,2-4,8-9,16-17H2,1H3,(H2,30,32)(H,31,33);1-5H;/q;;+2/p-2/b29-26-;;. The van der Waals surface area contributed by atoms with E-state index < -0.39 is 5.90 Å². The van der Waals surface area contributed by atoms with Crippen LogP contribution in [0.15, 0.2) is 65.2 Å². The minimum atomic E-state index is -0.518. The molecule has 2 saturated carbocycles. The third-order valence-electron chi connectivity index (χ3n) is 6.24. The predicted octanol–water partition coefficient (Wildman–Crippen LogP) is 6.39. The van der Waals surface area contributed by atoms with Crippen molar-refractivity contribution in [1.82, 2.24) is 0 Å². The molecule has 2 fully saturated rings. The van der Waals surface area contributed by atoms with Gasteiger partial charge in [0.2, 0.25) is 0 Å². The summed E-state index contributed by atoms with van der Waals surface area (Å²) in [5.41, 5.74) is 5.44. The fourth-order valence-corrected chi connectivity index (χ4v) is 4.36. The number of benzene rings is 2. The molecule has 2 aromatic carbocycles. The average molecular weight is 561 g/mol. The molecular weight excluding hydrogens is 524 g/mol. The first kappa shape index (κ1) is 32.8. The Morgan fingerprint density at radius 2 is 1.23 bits per heavy atom. The molecule has 0 atom stereocenters. The second-order valence-electron chi connectivity index (χ2n) is 9.10. The first-order valence-corrected chi connectivity index (χ1v) is 13.3. The fraction of sp³-hybridized carbons (Fsp3) is 0.235. The van der Waals surface area contributed by atoms with Gasteiger partial charge in [0.15, 0.2) is 0 Å². The van der Waals surface area contributed by atoms with Gasteiger partial charge >= 0.3 is 17.1 Å². The van der Waals surface area contributed by atoms with Crippen LogP contribution < -0.4 is 10.2 Å². The van der Waals surface area contributed by atoms with Crippen molar-refractivity contribution in [2.45, 2.75) is 51.9 Å². The normalized spacial score (nSPS) is 16.2. The molecule has 1 N–H and O–H groups in total. The Labute approximate surface area is 247 Å². The van der Waals surface area contributed by atoms with E-state index >= 15 is 0 Å². The number of aliphatic imine (C=N–C) groups is 1. The Morgan fingerprint density at radius 1 is 0.692 bits per heavy atom. The van der Waals surface area contributed by atoms with Gasteiger partial charge in [-0.25, -0.2) is 0 Å². The van der Waals surface area contributed by atoms with Gasteiger partial charge in [-0.15, -0.1) is 0 Å². The molecule has 0 saturated heterocycles. The third-order valence-corrected chi connectivity index (χ3v) is 6.24. The van der Waals surface area contributed by atoms with E-state index in [1.807, 2.05) is 62.4 Å². The maximum Gasteiger partial charge on any atom is 2.00 e. The van der Waals surface area contributed by atoms with E-state index in [0.717, 1.165) is 37.7 Å². The molecule has 2 aliphatic rings. The minimum absolute atomic E-state index is 0. The number of unbranched alkanes of at least 4 members (excludes halogenated alkanes) is 3. The smallest absolute Gasteiger partial charge is 0.862 e. The van der Waals surface area contributed by atoms with Crippen LogP contribution in [0.1, 0.15) is 63.0 Å². The Kier molecular flexibility index (Phi) is 15.9. The minimum Gasteiger partial charge on any atom is -0.862 e. The largest absolute Gasteiger partial charge is 2.00 e. The number of rotatable bonds is 12. The van der Waals surface area contributed by atoms with Gasteiger partial charge in [-0.3, -0.25) is 4.99 Å². The molecule has 0 unspecified atom stereocenters. The molecule has 10 radical (unpaired) electrons. The van der Waals surface area contributed by atoms with Crippen molar-refractivity contribution in [3.05, 3.63) is 135 Å². The molecule has 0 amide bonds. The zero-order valence-corrected chi connectivity index (χ0v) is 23.6. The molecule has 4 rings (SSSR count). The molecular formula is C34H36FeN2O2. The van der Waals surface area contributed by atoms with E-state index in [9.17, 15) is 10.2 Å². The quantitative estimate of drug-likeness (QED) is 0.141. The summed E-state index contributed by atoms with van der Waals surface area (Å²) >= 11 is 0. The molecule has 4 nitrogen and oxygen atoms in total. The number of hydrogen-bond acceptors (Lipinski definition) is 4. The van der Waals surface area contributed by atoms with Gasteiger partial charge in [0, 0.05) is 5.92 Å². The molecule has 5 heteroatoms. The summed E-state index contributed by atoms with van der Waals surface area (Å²) in [5, 5.41) is 29.8. The van der Waals surface area contributed by atoms with Crippen molar-refractivity contribution in [2.75, 3.05) is 0 Å². The maximum absolute atomic E-state index is 12.2. The zero-order chi connectivity index (χ0) is 27.0. The predicted molar refractivity (Wildman–Crippen MR) is 154 cm³/mol. The van der Waals surface area contributed by atoms with Gasteiger partial charge in [-0.2, -0.15) is 0 Å². The van der Waals surface area contributed by atoms with Crippen LogP contribution in [0, 0.1) is 69.1 Å². The third kappa shape index (κ3) is 11.7. The fourth-order valence-electron chi connectivity index (χ4n) is 4.36. The van der Waals surface area contributed by atoms with Crippen LogP contribution in [0.25, 0.3) is 5.57 Å². The molecule has 202 valence electrons. The van der Waals surface area contributed by atoms with Crippen molar-refractivity contribution < 1.29 is 27.3 Å². The number of allylic oxidation sites excluding steroid dienone is 1. The summed E-state index contributed by atoms with van der Waals surface area (Å²) in [6.45, 7) is 2.18. The Morgan fingerprint density at radius 3 is 1.77 bits per heavy atom. The zero-order valence-electron chi connectivity index (χ0n) is 22.5.